The Bertz CT molecular complexity index is 1060. The third kappa shape index (κ3) is 6.33. The van der Waals surface area contributed by atoms with Gasteiger partial charge >= 0.3 is 6.36 Å². The SMILES string of the molecule is C[C@](C(=O)NC1CCC(F)(F)CC1)(c1cncnc1)N(C(=O)[C@H](F)Cl)c1ccc(OC(F)(F)F)nc1. The van der Waals surface area contributed by atoms with E-state index in [9.17, 15) is 35.9 Å². The van der Waals surface area contributed by atoms with Crippen LogP contribution in [0.5, 0.6) is 5.88 Å². The Balaban J connectivity index is 2.04. The Labute approximate surface area is 206 Å². The Kier molecular flexibility index (Phi) is 7.96. The lowest BCUT2D eigenvalue weighted by Gasteiger charge is -2.41. The van der Waals surface area contributed by atoms with Crippen molar-refractivity contribution in [3.05, 3.63) is 42.6 Å². The van der Waals surface area contributed by atoms with Crippen LogP contribution in [0.1, 0.15) is 38.2 Å². The van der Waals surface area contributed by atoms with Gasteiger partial charge in [0.05, 0.1) is 11.9 Å². The molecular formula is C21H20ClF6N5O3. The predicted octanol–water partition coefficient (Wildman–Crippen LogP) is 4.25. The second kappa shape index (κ2) is 10.4. The van der Waals surface area contributed by atoms with E-state index in [-0.39, 0.29) is 24.1 Å². The molecule has 0 radical (unpaired) electrons. The number of pyridine rings is 1. The Morgan fingerprint density at radius 3 is 2.28 bits per heavy atom. The molecule has 3 rings (SSSR count). The van der Waals surface area contributed by atoms with Gasteiger partial charge in [-0.05, 0) is 25.8 Å². The molecule has 1 aliphatic carbocycles. The van der Waals surface area contributed by atoms with E-state index < -0.39 is 60.0 Å². The standard InChI is InChI=1S/C21H20ClF6N5O3/c1-19(12-8-29-11-30-9-12,18(35)32-13-4-6-20(24,25)7-5-13)33(17(34)16(22)23)14-2-3-15(31-10-14)36-21(26,27)28/h2-3,8-11,13,16H,4-7H2,1H3,(H,32,35)/t16-,19+/m0/s1. The summed E-state index contributed by atoms with van der Waals surface area (Å²) >= 11 is 5.41. The fraction of sp³-hybridized carbons (Fsp3) is 0.476. The van der Waals surface area contributed by atoms with Crippen molar-refractivity contribution >= 4 is 29.1 Å². The highest BCUT2D eigenvalue weighted by molar-refractivity contribution is 6.32. The van der Waals surface area contributed by atoms with Crippen LogP contribution in [0.15, 0.2) is 37.1 Å². The highest BCUT2D eigenvalue weighted by Crippen LogP contribution is 2.37. The van der Waals surface area contributed by atoms with Crippen LogP contribution in [-0.2, 0) is 15.1 Å². The van der Waals surface area contributed by atoms with Crippen LogP contribution in [0.2, 0.25) is 0 Å². The molecule has 0 unspecified atom stereocenters. The molecule has 0 aromatic carbocycles. The molecule has 1 fully saturated rings. The van der Waals surface area contributed by atoms with E-state index in [1.807, 2.05) is 0 Å². The monoisotopic (exact) mass is 539 g/mol. The van der Waals surface area contributed by atoms with Gasteiger partial charge in [0, 0.05) is 42.9 Å². The van der Waals surface area contributed by atoms with Crippen LogP contribution in [-0.4, -0.2) is 50.7 Å². The van der Waals surface area contributed by atoms with Crippen LogP contribution < -0.4 is 15.0 Å². The quantitative estimate of drug-likeness (QED) is 0.417. The fourth-order valence-electron chi connectivity index (χ4n) is 3.81. The van der Waals surface area contributed by atoms with E-state index in [0.29, 0.717) is 4.90 Å². The van der Waals surface area contributed by atoms with Crippen molar-refractivity contribution < 1.29 is 40.7 Å². The second-order valence-electron chi connectivity index (χ2n) is 8.18. The van der Waals surface area contributed by atoms with Crippen molar-refractivity contribution in [1.29, 1.82) is 0 Å². The molecule has 2 atom stereocenters. The number of amides is 2. The van der Waals surface area contributed by atoms with Gasteiger partial charge in [0.2, 0.25) is 11.8 Å². The van der Waals surface area contributed by atoms with Crippen molar-refractivity contribution in [1.82, 2.24) is 20.3 Å². The van der Waals surface area contributed by atoms with Crippen LogP contribution >= 0.6 is 11.6 Å². The van der Waals surface area contributed by atoms with Gasteiger partial charge in [-0.3, -0.25) is 14.5 Å². The molecule has 0 spiro atoms. The number of alkyl halides is 7. The first kappa shape index (κ1) is 27.4. The zero-order chi connectivity index (χ0) is 26.7. The summed E-state index contributed by atoms with van der Waals surface area (Å²) in [6.07, 6.45) is -1.88. The van der Waals surface area contributed by atoms with Crippen molar-refractivity contribution in [3.8, 4) is 5.88 Å². The molecule has 2 amide bonds. The zero-order valence-corrected chi connectivity index (χ0v) is 19.4. The van der Waals surface area contributed by atoms with E-state index in [1.165, 1.54) is 6.92 Å². The topological polar surface area (TPSA) is 97.3 Å². The summed E-state index contributed by atoms with van der Waals surface area (Å²) in [7, 11) is 0. The predicted molar refractivity (Wildman–Crippen MR) is 114 cm³/mol. The smallest absolute Gasteiger partial charge is 0.388 e. The van der Waals surface area contributed by atoms with Gasteiger partial charge < -0.3 is 10.1 Å². The first-order chi connectivity index (χ1) is 16.7. The molecular weight excluding hydrogens is 520 g/mol. The number of halogens is 7. The molecule has 2 aromatic rings. The van der Waals surface area contributed by atoms with E-state index in [2.05, 4.69) is 25.0 Å². The Morgan fingerprint density at radius 2 is 1.78 bits per heavy atom. The maximum atomic E-state index is 14.1. The molecule has 15 heteroatoms. The number of anilines is 1. The Morgan fingerprint density at radius 1 is 1.17 bits per heavy atom. The molecule has 1 N–H and O–H groups in total. The third-order valence-corrected chi connectivity index (χ3v) is 5.86. The van der Waals surface area contributed by atoms with Crippen LogP contribution in [0.25, 0.3) is 0 Å². The molecule has 36 heavy (non-hydrogen) atoms. The largest absolute Gasteiger partial charge is 0.574 e. The molecule has 2 aromatic heterocycles. The third-order valence-electron chi connectivity index (χ3n) is 5.67. The highest BCUT2D eigenvalue weighted by atomic mass is 35.5. The average molecular weight is 540 g/mol. The molecule has 0 aliphatic heterocycles. The van der Waals surface area contributed by atoms with Crippen LogP contribution in [0.4, 0.5) is 32.0 Å². The summed E-state index contributed by atoms with van der Waals surface area (Å²) in [6.45, 7) is 1.20. The molecule has 0 saturated heterocycles. The second-order valence-corrected chi connectivity index (χ2v) is 8.56. The maximum Gasteiger partial charge on any atom is 0.574 e. The number of carbonyl (C=O) groups is 2. The highest BCUT2D eigenvalue weighted by Gasteiger charge is 2.48. The van der Waals surface area contributed by atoms with Gasteiger partial charge in [0.25, 0.3) is 17.4 Å². The minimum absolute atomic E-state index is 0.0232. The molecule has 8 nitrogen and oxygen atoms in total. The van der Waals surface area contributed by atoms with Crippen molar-refractivity contribution in [2.24, 2.45) is 0 Å². The average Bonchev–Trinajstić information content (AvgIpc) is 2.81. The summed E-state index contributed by atoms with van der Waals surface area (Å²) in [5.74, 6) is -6.10. The minimum atomic E-state index is -5.04. The Hall–Kier alpha value is -3.16. The first-order valence-corrected chi connectivity index (χ1v) is 10.9. The number of rotatable bonds is 7. The molecule has 0 bridgehead atoms. The van der Waals surface area contributed by atoms with Crippen LogP contribution in [0.3, 0.4) is 0 Å². The van der Waals surface area contributed by atoms with E-state index in [1.54, 1.807) is 0 Å². The number of aromatic nitrogens is 3. The van der Waals surface area contributed by atoms with E-state index >= 15 is 0 Å². The fourth-order valence-corrected chi connectivity index (χ4v) is 3.91. The normalized spacial score (nSPS) is 18.6. The van der Waals surface area contributed by atoms with Crippen LogP contribution in [0, 0.1) is 0 Å². The lowest BCUT2D eigenvalue weighted by Crippen LogP contribution is -2.60. The lowest BCUT2D eigenvalue weighted by molar-refractivity contribution is -0.276. The summed E-state index contributed by atoms with van der Waals surface area (Å²) < 4.78 is 82.5. The maximum absolute atomic E-state index is 14.1. The van der Waals surface area contributed by atoms with Gasteiger partial charge in [-0.2, -0.15) is 0 Å². The molecule has 1 aliphatic rings. The number of hydrogen-bond acceptors (Lipinski definition) is 6. The van der Waals surface area contributed by atoms with E-state index in [0.717, 1.165) is 37.1 Å². The molecule has 196 valence electrons. The minimum Gasteiger partial charge on any atom is -0.388 e. The molecule has 1 saturated carbocycles. The number of hydrogen-bond donors (Lipinski definition) is 1. The number of nitrogens with zero attached hydrogens (tertiary/aromatic N) is 4. The summed E-state index contributed by atoms with van der Waals surface area (Å²) in [5, 5.41) is 2.60. The van der Waals surface area contributed by atoms with Gasteiger partial charge in [-0.15, -0.1) is 13.2 Å². The first-order valence-electron chi connectivity index (χ1n) is 10.5. The number of nitrogens with one attached hydrogen (secondary N) is 1. The van der Waals surface area contributed by atoms with E-state index in [4.69, 9.17) is 11.6 Å². The summed E-state index contributed by atoms with van der Waals surface area (Å²) in [6, 6.07) is 1.02. The van der Waals surface area contributed by atoms with Gasteiger partial charge in [0.15, 0.2) is 5.54 Å². The van der Waals surface area contributed by atoms with Gasteiger partial charge in [-0.25, -0.2) is 28.1 Å². The zero-order valence-electron chi connectivity index (χ0n) is 18.6. The molecule has 2 heterocycles. The van der Waals surface area contributed by atoms with Gasteiger partial charge in [0.1, 0.15) is 6.33 Å². The number of carbonyl (C=O) groups excluding carboxylic acids is 2. The van der Waals surface area contributed by atoms with Crippen molar-refractivity contribution in [2.45, 2.75) is 62.1 Å². The summed E-state index contributed by atoms with van der Waals surface area (Å²) in [4.78, 5) is 38.2. The number of ether oxygens (including phenoxy) is 1. The summed E-state index contributed by atoms with van der Waals surface area (Å²) in [5.41, 5.74) is -5.12. The van der Waals surface area contributed by atoms with Crippen molar-refractivity contribution in [2.75, 3.05) is 4.90 Å². The van der Waals surface area contributed by atoms with Gasteiger partial charge in [-0.1, -0.05) is 11.6 Å². The van der Waals surface area contributed by atoms with Crippen molar-refractivity contribution in [3.63, 3.8) is 0 Å². The lowest BCUT2D eigenvalue weighted by atomic mass is 9.87.